The van der Waals surface area contributed by atoms with Crippen LogP contribution in [0.1, 0.15) is 21.5 Å². The molecule has 0 saturated carbocycles. The number of aromatic carboxylic acids is 1. The summed E-state index contributed by atoms with van der Waals surface area (Å²) in [5.74, 6) is -1.81. The number of nitrogens with zero attached hydrogens (tertiary/aromatic N) is 2. The minimum Gasteiger partial charge on any atom is -0.545 e. The van der Waals surface area contributed by atoms with Gasteiger partial charge in [-0.3, -0.25) is 19.4 Å². The van der Waals surface area contributed by atoms with Crippen LogP contribution in [0.5, 0.6) is 5.75 Å². The van der Waals surface area contributed by atoms with Gasteiger partial charge < -0.3 is 14.6 Å². The first-order valence-electron chi connectivity index (χ1n) is 8.63. The molecule has 148 valence electrons. The highest BCUT2D eigenvalue weighted by Crippen LogP contribution is 2.25. The molecule has 2 aromatic carbocycles. The Hall–Kier alpha value is -3.52. The van der Waals surface area contributed by atoms with Gasteiger partial charge in [0.1, 0.15) is 17.9 Å². The van der Waals surface area contributed by atoms with Gasteiger partial charge in [-0.15, -0.1) is 0 Å². The van der Waals surface area contributed by atoms with Crippen LogP contribution in [0, 0.1) is 0 Å². The summed E-state index contributed by atoms with van der Waals surface area (Å²) in [5, 5.41) is 11.1. The second-order valence-corrected chi connectivity index (χ2v) is 6.75. The Morgan fingerprint density at radius 1 is 1.07 bits per heavy atom. The molecule has 0 aliphatic carbocycles. The molecule has 0 unspecified atom stereocenters. The van der Waals surface area contributed by atoms with Crippen molar-refractivity contribution in [2.45, 2.75) is 6.61 Å². The molecule has 3 rings (SSSR count). The van der Waals surface area contributed by atoms with Crippen molar-refractivity contribution < 1.29 is 24.2 Å². The number of likely N-dealkylation sites (N-methyl/N-ethyl adjacent to an activating group) is 2. The van der Waals surface area contributed by atoms with E-state index in [2.05, 4.69) is 0 Å². The lowest BCUT2D eigenvalue weighted by Gasteiger charge is -2.31. The quantitative estimate of drug-likeness (QED) is 0.419. The molecule has 1 heterocycles. The zero-order valence-corrected chi connectivity index (χ0v) is 16.6. The monoisotopic (exact) mass is 409 g/mol. The molecular weight excluding hydrogens is 392 g/mol. The summed E-state index contributed by atoms with van der Waals surface area (Å²) in [5.41, 5.74) is 1.21. The van der Waals surface area contributed by atoms with E-state index in [-0.39, 0.29) is 22.9 Å². The SMILES string of the molecule is CN1C(=O)C(=Cc2ccccc2OCc2cccc(C(=O)[O-])c2)C(=O)N(C)C1=S. The molecule has 0 N–H and O–H groups in total. The van der Waals surface area contributed by atoms with Gasteiger partial charge in [-0.2, -0.15) is 0 Å². The van der Waals surface area contributed by atoms with Crippen molar-refractivity contribution in [2.75, 3.05) is 14.1 Å². The maximum absolute atomic E-state index is 12.5. The number of amides is 2. The van der Waals surface area contributed by atoms with E-state index in [1.165, 1.54) is 42.1 Å². The largest absolute Gasteiger partial charge is 0.545 e. The standard InChI is InChI=1S/C21H18N2O5S/c1-22-18(24)16(19(25)23(2)21(22)29)11-14-7-3-4-9-17(14)28-12-13-6-5-8-15(10-13)20(26)27/h3-11H,12H2,1-2H3,(H,26,27)/p-1. The average Bonchev–Trinajstić information content (AvgIpc) is 2.73. The number of rotatable bonds is 5. The van der Waals surface area contributed by atoms with Crippen LogP contribution in [0.4, 0.5) is 0 Å². The smallest absolute Gasteiger partial charge is 0.265 e. The second kappa shape index (κ2) is 8.24. The number of benzene rings is 2. The van der Waals surface area contributed by atoms with E-state index in [4.69, 9.17) is 17.0 Å². The van der Waals surface area contributed by atoms with Crippen molar-refractivity contribution >= 4 is 41.2 Å². The maximum atomic E-state index is 12.5. The third kappa shape index (κ3) is 4.17. The van der Waals surface area contributed by atoms with Crippen LogP contribution in [0.15, 0.2) is 54.1 Å². The number of ether oxygens (including phenoxy) is 1. The molecule has 29 heavy (non-hydrogen) atoms. The molecule has 1 fully saturated rings. The topological polar surface area (TPSA) is 90.0 Å². The molecule has 1 aliphatic heterocycles. The van der Waals surface area contributed by atoms with Crippen molar-refractivity contribution in [1.82, 2.24) is 9.80 Å². The number of thiocarbonyl (C=S) groups is 1. The van der Waals surface area contributed by atoms with E-state index in [0.717, 1.165) is 0 Å². The summed E-state index contributed by atoms with van der Waals surface area (Å²) >= 11 is 5.09. The summed E-state index contributed by atoms with van der Waals surface area (Å²) in [4.78, 5) is 38.5. The number of para-hydroxylation sites is 1. The van der Waals surface area contributed by atoms with Gasteiger partial charge >= 0.3 is 0 Å². The summed E-state index contributed by atoms with van der Waals surface area (Å²) < 4.78 is 5.81. The zero-order valence-electron chi connectivity index (χ0n) is 15.7. The molecule has 0 spiro atoms. The third-order valence-corrected chi connectivity index (χ3v) is 4.97. The average molecular weight is 409 g/mol. The number of hydrogen-bond acceptors (Lipinski definition) is 6. The summed E-state index contributed by atoms with van der Waals surface area (Å²) in [6.45, 7) is 0.104. The molecule has 0 atom stereocenters. The van der Waals surface area contributed by atoms with Crippen molar-refractivity contribution in [3.63, 3.8) is 0 Å². The Labute approximate surface area is 172 Å². The van der Waals surface area contributed by atoms with Gasteiger partial charge in [-0.25, -0.2) is 0 Å². The van der Waals surface area contributed by atoms with E-state index in [1.54, 1.807) is 36.4 Å². The first-order chi connectivity index (χ1) is 13.8. The highest BCUT2D eigenvalue weighted by Gasteiger charge is 2.35. The summed E-state index contributed by atoms with van der Waals surface area (Å²) in [6, 6.07) is 13.2. The number of hydrogen-bond donors (Lipinski definition) is 0. The number of carboxylic acids is 1. The minimum atomic E-state index is -1.27. The lowest BCUT2D eigenvalue weighted by molar-refractivity contribution is -0.255. The van der Waals surface area contributed by atoms with E-state index >= 15 is 0 Å². The number of carbonyl (C=O) groups is 3. The Morgan fingerprint density at radius 3 is 2.38 bits per heavy atom. The molecule has 0 radical (unpaired) electrons. The molecule has 1 saturated heterocycles. The predicted octanol–water partition coefficient (Wildman–Crippen LogP) is 1.23. The summed E-state index contributed by atoms with van der Waals surface area (Å²) in [6.07, 6.45) is 1.46. The fourth-order valence-corrected chi connectivity index (χ4v) is 2.98. The number of carbonyl (C=O) groups excluding carboxylic acids is 3. The minimum absolute atomic E-state index is 0.0291. The van der Waals surface area contributed by atoms with Crippen LogP contribution < -0.4 is 9.84 Å². The first-order valence-corrected chi connectivity index (χ1v) is 9.04. The first kappa shape index (κ1) is 20.2. The second-order valence-electron chi connectivity index (χ2n) is 6.38. The third-order valence-electron chi connectivity index (χ3n) is 4.42. The Morgan fingerprint density at radius 2 is 1.72 bits per heavy atom. The van der Waals surface area contributed by atoms with Crippen LogP contribution in [-0.2, 0) is 16.2 Å². The highest BCUT2D eigenvalue weighted by molar-refractivity contribution is 7.80. The van der Waals surface area contributed by atoms with Crippen LogP contribution in [0.2, 0.25) is 0 Å². The van der Waals surface area contributed by atoms with Crippen LogP contribution in [-0.4, -0.2) is 46.8 Å². The molecule has 2 aromatic rings. The van der Waals surface area contributed by atoms with Crippen LogP contribution in [0.25, 0.3) is 6.08 Å². The van der Waals surface area contributed by atoms with E-state index < -0.39 is 17.8 Å². The van der Waals surface area contributed by atoms with Gasteiger partial charge in [0.2, 0.25) is 0 Å². The lowest BCUT2D eigenvalue weighted by Crippen LogP contribution is -2.52. The van der Waals surface area contributed by atoms with E-state index in [1.807, 2.05) is 0 Å². The fourth-order valence-electron chi connectivity index (χ4n) is 2.81. The van der Waals surface area contributed by atoms with Crippen molar-refractivity contribution in [3.8, 4) is 5.75 Å². The lowest BCUT2D eigenvalue weighted by atomic mass is 10.1. The molecule has 2 amide bonds. The molecule has 0 aromatic heterocycles. The zero-order chi connectivity index (χ0) is 21.1. The van der Waals surface area contributed by atoms with Crippen LogP contribution in [0.3, 0.4) is 0 Å². The highest BCUT2D eigenvalue weighted by atomic mass is 32.1. The molecule has 7 nitrogen and oxygen atoms in total. The van der Waals surface area contributed by atoms with Crippen molar-refractivity contribution in [2.24, 2.45) is 0 Å². The van der Waals surface area contributed by atoms with E-state index in [9.17, 15) is 19.5 Å². The molecule has 0 bridgehead atoms. The van der Waals surface area contributed by atoms with Gasteiger partial charge in [0.25, 0.3) is 11.8 Å². The van der Waals surface area contributed by atoms with Gasteiger partial charge in [0.05, 0.1) is 5.97 Å². The van der Waals surface area contributed by atoms with Gasteiger partial charge in [-0.05, 0) is 41.6 Å². The maximum Gasteiger partial charge on any atom is 0.265 e. The van der Waals surface area contributed by atoms with E-state index in [0.29, 0.717) is 16.9 Å². The van der Waals surface area contributed by atoms with Gasteiger partial charge in [0, 0.05) is 19.7 Å². The molecule has 8 heteroatoms. The Bertz CT molecular complexity index is 1020. The normalized spacial score (nSPS) is 14.3. The van der Waals surface area contributed by atoms with Gasteiger partial charge in [-0.1, -0.05) is 36.4 Å². The molecular formula is C21H17N2O5S-. The Balaban J connectivity index is 1.87. The molecule has 1 aliphatic rings. The predicted molar refractivity (Wildman–Crippen MR) is 108 cm³/mol. The van der Waals surface area contributed by atoms with Crippen LogP contribution >= 0.6 is 12.2 Å². The van der Waals surface area contributed by atoms with Gasteiger partial charge in [0.15, 0.2) is 5.11 Å². The fraction of sp³-hybridized carbons (Fsp3) is 0.143. The summed E-state index contributed by atoms with van der Waals surface area (Å²) in [7, 11) is 3.02. The number of carboxylic acid groups (broad SMARTS) is 1. The van der Waals surface area contributed by atoms with Crippen molar-refractivity contribution in [3.05, 3.63) is 70.8 Å². The van der Waals surface area contributed by atoms with Crippen molar-refractivity contribution in [1.29, 1.82) is 0 Å². The Kier molecular flexibility index (Phi) is 5.74.